The Balaban J connectivity index is 1.72. The van der Waals surface area contributed by atoms with Crippen LogP contribution < -0.4 is 10.2 Å². The van der Waals surface area contributed by atoms with Gasteiger partial charge in [0.25, 0.3) is 5.91 Å². The maximum absolute atomic E-state index is 12.7. The molecule has 4 amide bonds. The first-order chi connectivity index (χ1) is 12.4. The lowest BCUT2D eigenvalue weighted by Crippen LogP contribution is -2.39. The van der Waals surface area contributed by atoms with Crippen molar-refractivity contribution in [3.63, 3.8) is 0 Å². The fourth-order valence-corrected chi connectivity index (χ4v) is 3.05. The van der Waals surface area contributed by atoms with Crippen molar-refractivity contribution in [1.82, 2.24) is 4.90 Å². The minimum Gasteiger partial charge on any atom is -0.325 e. The Kier molecular flexibility index (Phi) is 5.08. The fourth-order valence-electron chi connectivity index (χ4n) is 2.79. The third-order valence-corrected chi connectivity index (χ3v) is 4.72. The molecule has 0 aromatic heterocycles. The van der Waals surface area contributed by atoms with Crippen molar-refractivity contribution in [2.45, 2.75) is 19.9 Å². The van der Waals surface area contributed by atoms with Gasteiger partial charge in [0.2, 0.25) is 5.91 Å². The number of imide groups is 1. The predicted molar refractivity (Wildman–Crippen MR) is 103 cm³/mol. The summed E-state index contributed by atoms with van der Waals surface area (Å²) in [6, 6.07) is 13.3. The number of nitrogens with zero attached hydrogens (tertiary/aromatic N) is 2. The molecule has 1 saturated heterocycles. The zero-order valence-corrected chi connectivity index (χ0v) is 16.0. The quantitative estimate of drug-likeness (QED) is 0.776. The predicted octanol–water partition coefficient (Wildman–Crippen LogP) is 3.55. The Bertz CT molecular complexity index is 849. The molecule has 1 atom stereocenters. The number of hydrogen-bond donors (Lipinski definition) is 1. The summed E-state index contributed by atoms with van der Waals surface area (Å²) in [5, 5.41) is 2.69. The molecule has 6 nitrogen and oxygen atoms in total. The van der Waals surface area contributed by atoms with Crippen LogP contribution in [-0.2, 0) is 9.59 Å². The van der Waals surface area contributed by atoms with Gasteiger partial charge in [0.05, 0.1) is 0 Å². The molecule has 3 rings (SSSR count). The van der Waals surface area contributed by atoms with Crippen molar-refractivity contribution in [3.8, 4) is 0 Å². The van der Waals surface area contributed by atoms with E-state index in [0.29, 0.717) is 11.4 Å². The molecular weight excluding hydrogens is 398 g/mol. The molecule has 134 valence electrons. The third-order valence-electron chi connectivity index (χ3n) is 4.19. The summed E-state index contributed by atoms with van der Waals surface area (Å²) < 4.78 is 0.892. The van der Waals surface area contributed by atoms with Gasteiger partial charge in [-0.3, -0.25) is 19.4 Å². The minimum absolute atomic E-state index is 0.319. The number of halogens is 1. The van der Waals surface area contributed by atoms with Gasteiger partial charge >= 0.3 is 6.03 Å². The van der Waals surface area contributed by atoms with Crippen LogP contribution in [0.3, 0.4) is 0 Å². The third kappa shape index (κ3) is 3.62. The molecule has 0 bridgehead atoms. The summed E-state index contributed by atoms with van der Waals surface area (Å²) in [7, 11) is 0. The molecule has 0 unspecified atom stereocenters. The average molecular weight is 416 g/mol. The SMILES string of the molecule is Cc1ccc(N2C(=O)N(CC(=O)Nc3ccc(Br)cc3)C(=O)[C@H]2C)cc1. The normalized spacial score (nSPS) is 17.0. The second-order valence-corrected chi connectivity index (χ2v) is 7.06. The van der Waals surface area contributed by atoms with Crippen LogP contribution in [-0.4, -0.2) is 35.3 Å². The van der Waals surface area contributed by atoms with E-state index in [-0.39, 0.29) is 12.5 Å². The molecule has 0 aliphatic carbocycles. The molecule has 1 heterocycles. The van der Waals surface area contributed by atoms with E-state index in [4.69, 9.17) is 0 Å². The molecule has 1 fully saturated rings. The number of aryl methyl sites for hydroxylation is 1. The van der Waals surface area contributed by atoms with E-state index in [1.165, 1.54) is 4.90 Å². The van der Waals surface area contributed by atoms with Crippen molar-refractivity contribution in [2.75, 3.05) is 16.8 Å². The molecule has 1 aliphatic rings. The summed E-state index contributed by atoms with van der Waals surface area (Å²) >= 11 is 3.32. The largest absolute Gasteiger partial charge is 0.332 e. The fraction of sp³-hybridized carbons (Fsp3) is 0.211. The van der Waals surface area contributed by atoms with Crippen LogP contribution in [0.4, 0.5) is 16.2 Å². The molecular formula is C19H18BrN3O3. The van der Waals surface area contributed by atoms with Crippen molar-refractivity contribution in [2.24, 2.45) is 0 Å². The highest BCUT2D eigenvalue weighted by molar-refractivity contribution is 9.10. The van der Waals surface area contributed by atoms with E-state index < -0.39 is 18.0 Å². The van der Waals surface area contributed by atoms with Gasteiger partial charge in [-0.1, -0.05) is 33.6 Å². The molecule has 0 radical (unpaired) electrons. The van der Waals surface area contributed by atoms with E-state index in [1.807, 2.05) is 19.1 Å². The molecule has 2 aromatic carbocycles. The molecule has 2 aromatic rings. The van der Waals surface area contributed by atoms with Gasteiger partial charge in [0, 0.05) is 15.8 Å². The van der Waals surface area contributed by atoms with E-state index in [2.05, 4.69) is 21.2 Å². The summed E-state index contributed by atoms with van der Waals surface area (Å²) in [5.41, 5.74) is 2.29. The average Bonchev–Trinajstić information content (AvgIpc) is 2.82. The van der Waals surface area contributed by atoms with Gasteiger partial charge in [-0.05, 0) is 50.2 Å². The first-order valence-corrected chi connectivity index (χ1v) is 8.93. The van der Waals surface area contributed by atoms with Crippen LogP contribution in [0.2, 0.25) is 0 Å². The van der Waals surface area contributed by atoms with Crippen LogP contribution in [0, 0.1) is 6.92 Å². The van der Waals surface area contributed by atoms with Gasteiger partial charge in [-0.25, -0.2) is 4.79 Å². The lowest BCUT2D eigenvalue weighted by atomic mass is 10.2. The van der Waals surface area contributed by atoms with Crippen LogP contribution >= 0.6 is 15.9 Å². The number of urea groups is 1. The highest BCUT2D eigenvalue weighted by Crippen LogP contribution is 2.26. The van der Waals surface area contributed by atoms with E-state index in [1.54, 1.807) is 43.3 Å². The Morgan fingerprint density at radius 2 is 1.69 bits per heavy atom. The number of amides is 4. The zero-order valence-electron chi connectivity index (χ0n) is 14.4. The number of benzene rings is 2. The maximum Gasteiger partial charge on any atom is 0.332 e. The van der Waals surface area contributed by atoms with E-state index >= 15 is 0 Å². The van der Waals surface area contributed by atoms with Gasteiger partial charge in [0.15, 0.2) is 0 Å². The van der Waals surface area contributed by atoms with Crippen LogP contribution in [0.25, 0.3) is 0 Å². The number of anilines is 2. The second kappa shape index (κ2) is 7.29. The van der Waals surface area contributed by atoms with Gasteiger partial charge < -0.3 is 5.32 Å². The number of hydrogen-bond acceptors (Lipinski definition) is 3. The first kappa shape index (κ1) is 18.1. The molecule has 0 spiro atoms. The molecule has 1 aliphatic heterocycles. The summed E-state index contributed by atoms with van der Waals surface area (Å²) in [6.45, 7) is 3.29. The standard InChI is InChI=1S/C19H18BrN3O3/c1-12-3-9-16(10-4-12)23-13(2)18(25)22(19(23)26)11-17(24)21-15-7-5-14(20)6-8-15/h3-10,13H,11H2,1-2H3,(H,21,24)/t13-/m1/s1. The van der Waals surface area contributed by atoms with Gasteiger partial charge in [-0.2, -0.15) is 0 Å². The summed E-state index contributed by atoms with van der Waals surface area (Å²) in [5.74, 6) is -0.812. The van der Waals surface area contributed by atoms with Crippen LogP contribution in [0.1, 0.15) is 12.5 Å². The Morgan fingerprint density at radius 1 is 1.08 bits per heavy atom. The highest BCUT2D eigenvalue weighted by atomic mass is 79.9. The Morgan fingerprint density at radius 3 is 2.31 bits per heavy atom. The van der Waals surface area contributed by atoms with E-state index in [0.717, 1.165) is 14.9 Å². The first-order valence-electron chi connectivity index (χ1n) is 8.13. The van der Waals surface area contributed by atoms with E-state index in [9.17, 15) is 14.4 Å². The number of carbonyl (C=O) groups is 3. The van der Waals surface area contributed by atoms with Crippen molar-refractivity contribution in [1.29, 1.82) is 0 Å². The number of rotatable bonds is 4. The Hall–Kier alpha value is -2.67. The molecule has 1 N–H and O–H groups in total. The molecule has 26 heavy (non-hydrogen) atoms. The zero-order chi connectivity index (χ0) is 18.8. The monoisotopic (exact) mass is 415 g/mol. The second-order valence-electron chi connectivity index (χ2n) is 6.14. The molecule has 0 saturated carbocycles. The van der Waals surface area contributed by atoms with Gasteiger partial charge in [0.1, 0.15) is 12.6 Å². The number of nitrogens with one attached hydrogen (secondary N) is 1. The molecule has 7 heteroatoms. The van der Waals surface area contributed by atoms with Crippen molar-refractivity contribution in [3.05, 3.63) is 58.6 Å². The smallest absolute Gasteiger partial charge is 0.325 e. The lowest BCUT2D eigenvalue weighted by Gasteiger charge is -2.19. The minimum atomic E-state index is -0.648. The van der Waals surface area contributed by atoms with Crippen molar-refractivity contribution >= 4 is 45.2 Å². The number of carbonyl (C=O) groups excluding carboxylic acids is 3. The maximum atomic E-state index is 12.7. The summed E-state index contributed by atoms with van der Waals surface area (Å²) in [4.78, 5) is 39.8. The summed E-state index contributed by atoms with van der Waals surface area (Å²) in [6.07, 6.45) is 0. The highest BCUT2D eigenvalue weighted by Gasteiger charge is 2.43. The lowest BCUT2D eigenvalue weighted by molar-refractivity contribution is -0.130. The Labute approximate surface area is 159 Å². The van der Waals surface area contributed by atoms with Gasteiger partial charge in [-0.15, -0.1) is 0 Å². The van der Waals surface area contributed by atoms with Crippen molar-refractivity contribution < 1.29 is 14.4 Å². The topological polar surface area (TPSA) is 69.7 Å². The van der Waals surface area contributed by atoms with Crippen LogP contribution in [0.5, 0.6) is 0 Å². The van der Waals surface area contributed by atoms with Crippen LogP contribution in [0.15, 0.2) is 53.0 Å².